The van der Waals surface area contributed by atoms with Gasteiger partial charge in [-0.1, -0.05) is 25.5 Å². The van der Waals surface area contributed by atoms with Crippen molar-refractivity contribution in [1.82, 2.24) is 5.32 Å². The van der Waals surface area contributed by atoms with E-state index in [0.29, 0.717) is 18.1 Å². The van der Waals surface area contributed by atoms with Gasteiger partial charge in [0, 0.05) is 6.61 Å². The summed E-state index contributed by atoms with van der Waals surface area (Å²) >= 11 is 0. The minimum Gasteiger partial charge on any atom is -0.376 e. The summed E-state index contributed by atoms with van der Waals surface area (Å²) < 4.78 is 5.89. The maximum Gasteiger partial charge on any atom is 0.0792 e. The predicted octanol–water partition coefficient (Wildman–Crippen LogP) is 2.50. The maximum absolute atomic E-state index is 5.89. The van der Waals surface area contributed by atoms with Crippen LogP contribution in [-0.2, 0) is 4.74 Å². The van der Waals surface area contributed by atoms with Crippen molar-refractivity contribution >= 4 is 0 Å². The van der Waals surface area contributed by atoms with Gasteiger partial charge in [0.25, 0.3) is 0 Å². The van der Waals surface area contributed by atoms with Crippen LogP contribution in [-0.4, -0.2) is 25.3 Å². The molecule has 1 aliphatic heterocycles. The lowest BCUT2D eigenvalue weighted by Gasteiger charge is -2.28. The number of hydrogen-bond acceptors (Lipinski definition) is 2. The second-order valence-corrected chi connectivity index (χ2v) is 4.81. The van der Waals surface area contributed by atoms with Crippen LogP contribution in [0.15, 0.2) is 11.6 Å². The zero-order chi connectivity index (χ0) is 10.7. The molecule has 3 unspecified atom stereocenters. The fourth-order valence-electron chi connectivity index (χ4n) is 2.80. The van der Waals surface area contributed by atoms with Gasteiger partial charge >= 0.3 is 0 Å². The Kier molecular flexibility index (Phi) is 3.81. The topological polar surface area (TPSA) is 21.3 Å². The Bertz CT molecular complexity index is 237. The molecule has 2 rings (SSSR count). The first-order chi connectivity index (χ1) is 7.33. The quantitative estimate of drug-likeness (QED) is 0.718. The molecular formula is C13H23NO. The van der Waals surface area contributed by atoms with Crippen LogP contribution >= 0.6 is 0 Å². The Morgan fingerprint density at radius 3 is 3.00 bits per heavy atom. The van der Waals surface area contributed by atoms with E-state index >= 15 is 0 Å². The largest absolute Gasteiger partial charge is 0.376 e. The Labute approximate surface area is 93.1 Å². The van der Waals surface area contributed by atoms with Crippen molar-refractivity contribution in [2.24, 2.45) is 5.92 Å². The van der Waals surface area contributed by atoms with Gasteiger partial charge in [-0.05, 0) is 38.1 Å². The van der Waals surface area contributed by atoms with Crippen molar-refractivity contribution in [1.29, 1.82) is 0 Å². The molecule has 3 atom stereocenters. The van der Waals surface area contributed by atoms with Crippen LogP contribution in [0.3, 0.4) is 0 Å². The number of allylic oxidation sites excluding steroid dienone is 1. The highest BCUT2D eigenvalue weighted by Gasteiger charge is 2.33. The molecule has 15 heavy (non-hydrogen) atoms. The molecule has 2 aliphatic rings. The van der Waals surface area contributed by atoms with E-state index < -0.39 is 0 Å². The third kappa shape index (κ3) is 2.43. The lowest BCUT2D eigenvalue weighted by Crippen LogP contribution is -2.43. The Morgan fingerprint density at radius 1 is 1.60 bits per heavy atom. The molecule has 2 heteroatoms. The maximum atomic E-state index is 5.89. The molecule has 0 aromatic heterocycles. The minimum absolute atomic E-state index is 0.411. The fourth-order valence-corrected chi connectivity index (χ4v) is 2.80. The first-order valence-electron chi connectivity index (χ1n) is 6.37. The van der Waals surface area contributed by atoms with Crippen LogP contribution in [0.4, 0.5) is 0 Å². The van der Waals surface area contributed by atoms with Crippen molar-refractivity contribution in [2.45, 2.75) is 51.7 Å². The molecular weight excluding hydrogens is 186 g/mol. The fraction of sp³-hybridized carbons (Fsp3) is 0.846. The average molecular weight is 209 g/mol. The summed E-state index contributed by atoms with van der Waals surface area (Å²) in [6, 6.07) is 0.481. The molecule has 1 heterocycles. The van der Waals surface area contributed by atoms with E-state index in [1.54, 1.807) is 5.57 Å². The standard InChI is InChI=1S/C13H23NO/c1-3-14-12(11-6-4-5-7-11)13-10(2)8-9-15-13/h6,10,12-14H,3-5,7-9H2,1-2H3. The van der Waals surface area contributed by atoms with E-state index in [1.807, 2.05) is 0 Å². The summed E-state index contributed by atoms with van der Waals surface area (Å²) in [6.07, 6.45) is 7.91. The van der Waals surface area contributed by atoms with E-state index in [9.17, 15) is 0 Å². The highest BCUT2D eigenvalue weighted by atomic mass is 16.5. The van der Waals surface area contributed by atoms with Crippen LogP contribution in [0.25, 0.3) is 0 Å². The number of nitrogens with one attached hydrogen (secondary N) is 1. The molecule has 2 nitrogen and oxygen atoms in total. The van der Waals surface area contributed by atoms with E-state index in [2.05, 4.69) is 25.2 Å². The van der Waals surface area contributed by atoms with Crippen molar-refractivity contribution < 1.29 is 4.74 Å². The van der Waals surface area contributed by atoms with E-state index in [-0.39, 0.29) is 0 Å². The van der Waals surface area contributed by atoms with Gasteiger partial charge in [-0.15, -0.1) is 0 Å². The van der Waals surface area contributed by atoms with Gasteiger partial charge in [-0.3, -0.25) is 0 Å². The van der Waals surface area contributed by atoms with Gasteiger partial charge in [-0.2, -0.15) is 0 Å². The molecule has 1 fully saturated rings. The van der Waals surface area contributed by atoms with Gasteiger partial charge in [0.2, 0.25) is 0 Å². The van der Waals surface area contributed by atoms with Gasteiger partial charge in [0.1, 0.15) is 0 Å². The summed E-state index contributed by atoms with van der Waals surface area (Å²) in [7, 11) is 0. The molecule has 0 saturated carbocycles. The molecule has 1 saturated heterocycles. The van der Waals surface area contributed by atoms with Crippen molar-refractivity contribution in [3.8, 4) is 0 Å². The number of rotatable bonds is 4. The second-order valence-electron chi connectivity index (χ2n) is 4.81. The zero-order valence-electron chi connectivity index (χ0n) is 9.96. The SMILES string of the molecule is CCNC(C1=CCCC1)C1OCCC1C. The molecule has 86 valence electrons. The van der Waals surface area contributed by atoms with Crippen LogP contribution in [0.2, 0.25) is 0 Å². The van der Waals surface area contributed by atoms with Gasteiger partial charge < -0.3 is 10.1 Å². The summed E-state index contributed by atoms with van der Waals surface area (Å²) in [4.78, 5) is 0. The van der Waals surface area contributed by atoms with Crippen LogP contribution in [0.1, 0.15) is 39.5 Å². The number of hydrogen-bond donors (Lipinski definition) is 1. The number of likely N-dealkylation sites (N-methyl/N-ethyl adjacent to an activating group) is 1. The Morgan fingerprint density at radius 2 is 2.47 bits per heavy atom. The van der Waals surface area contributed by atoms with Crippen LogP contribution in [0.5, 0.6) is 0 Å². The Balaban J connectivity index is 2.04. The highest BCUT2D eigenvalue weighted by Crippen LogP contribution is 2.30. The monoisotopic (exact) mass is 209 g/mol. The molecule has 1 N–H and O–H groups in total. The number of ether oxygens (including phenoxy) is 1. The van der Waals surface area contributed by atoms with Gasteiger partial charge in [0.15, 0.2) is 0 Å². The first kappa shape index (κ1) is 11.2. The van der Waals surface area contributed by atoms with E-state index in [0.717, 1.165) is 13.2 Å². The molecule has 0 aromatic rings. The third-order valence-corrected chi connectivity index (χ3v) is 3.67. The third-order valence-electron chi connectivity index (χ3n) is 3.67. The normalized spacial score (nSPS) is 33.1. The van der Waals surface area contributed by atoms with E-state index in [4.69, 9.17) is 4.74 Å². The minimum atomic E-state index is 0.411. The predicted molar refractivity (Wildman–Crippen MR) is 62.9 cm³/mol. The van der Waals surface area contributed by atoms with Gasteiger partial charge in [-0.25, -0.2) is 0 Å². The molecule has 0 aromatic carbocycles. The second kappa shape index (κ2) is 5.13. The molecule has 0 spiro atoms. The summed E-state index contributed by atoms with van der Waals surface area (Å²) in [5.41, 5.74) is 1.59. The van der Waals surface area contributed by atoms with Crippen LogP contribution in [0, 0.1) is 5.92 Å². The average Bonchev–Trinajstić information content (AvgIpc) is 2.85. The van der Waals surface area contributed by atoms with Crippen molar-refractivity contribution in [3.05, 3.63) is 11.6 Å². The summed E-state index contributed by atoms with van der Waals surface area (Å²) in [5.74, 6) is 0.704. The molecule has 0 bridgehead atoms. The van der Waals surface area contributed by atoms with E-state index in [1.165, 1.54) is 25.7 Å². The lowest BCUT2D eigenvalue weighted by atomic mass is 9.92. The lowest BCUT2D eigenvalue weighted by molar-refractivity contribution is 0.0710. The zero-order valence-corrected chi connectivity index (χ0v) is 9.96. The molecule has 1 aliphatic carbocycles. The van der Waals surface area contributed by atoms with Crippen molar-refractivity contribution in [2.75, 3.05) is 13.2 Å². The first-order valence-corrected chi connectivity index (χ1v) is 6.37. The summed E-state index contributed by atoms with van der Waals surface area (Å²) in [5, 5.41) is 3.60. The van der Waals surface area contributed by atoms with Gasteiger partial charge in [0.05, 0.1) is 12.1 Å². The highest BCUT2D eigenvalue weighted by molar-refractivity contribution is 5.18. The molecule has 0 amide bonds. The smallest absolute Gasteiger partial charge is 0.0792 e. The van der Waals surface area contributed by atoms with Crippen LogP contribution < -0.4 is 5.32 Å². The Hall–Kier alpha value is -0.340. The molecule has 0 radical (unpaired) electrons. The summed E-state index contributed by atoms with van der Waals surface area (Å²) in [6.45, 7) is 6.48. The van der Waals surface area contributed by atoms with Crippen molar-refractivity contribution in [3.63, 3.8) is 0 Å².